The zero-order chi connectivity index (χ0) is 22.9. The van der Waals surface area contributed by atoms with E-state index in [0.717, 1.165) is 27.4 Å². The van der Waals surface area contributed by atoms with E-state index in [9.17, 15) is 0 Å². The number of hydrogen-bond donors (Lipinski definition) is 0. The molecule has 0 spiro atoms. The van der Waals surface area contributed by atoms with Crippen molar-refractivity contribution in [1.82, 2.24) is 29.7 Å². The first-order valence-electron chi connectivity index (χ1n) is 10.4. The molecule has 4 aromatic heterocycles. The van der Waals surface area contributed by atoms with Crippen LogP contribution in [-0.2, 0) is 7.05 Å². The van der Waals surface area contributed by atoms with Crippen LogP contribution in [0.5, 0.6) is 11.6 Å². The van der Waals surface area contributed by atoms with Crippen molar-refractivity contribution in [2.24, 2.45) is 7.05 Å². The first-order valence-corrected chi connectivity index (χ1v) is 11.3. The van der Waals surface area contributed by atoms with Crippen molar-refractivity contribution >= 4 is 22.4 Å². The molecule has 4 heterocycles. The van der Waals surface area contributed by atoms with Crippen LogP contribution in [0.2, 0.25) is 0 Å². The molecule has 0 amide bonds. The van der Waals surface area contributed by atoms with E-state index in [4.69, 9.17) is 14.5 Å². The molecule has 0 radical (unpaired) electrons. The standard InChI is InChI=1S/C24H22N6O2S/c1-14(20-15(2)33-13-27-20)32-24-19(31-4)10-18-23(28-24)22(26-12-25-18)17-11-30(3)29-21(17)16-8-6-5-7-9-16/h5-14H,1-4H3. The van der Waals surface area contributed by atoms with Crippen LogP contribution in [0.15, 0.2) is 54.4 Å². The van der Waals surface area contributed by atoms with Gasteiger partial charge in [-0.2, -0.15) is 5.10 Å². The Bertz CT molecular complexity index is 1430. The number of fused-ring (bicyclic) bond motifs is 1. The Hall–Kier alpha value is -3.85. The second-order valence-electron chi connectivity index (χ2n) is 7.57. The molecule has 1 aromatic carbocycles. The van der Waals surface area contributed by atoms with Gasteiger partial charge < -0.3 is 9.47 Å². The summed E-state index contributed by atoms with van der Waals surface area (Å²) >= 11 is 1.59. The number of aryl methyl sites for hydroxylation is 2. The molecule has 0 saturated carbocycles. The van der Waals surface area contributed by atoms with E-state index < -0.39 is 0 Å². The minimum atomic E-state index is -0.290. The molecule has 0 aliphatic heterocycles. The number of methoxy groups -OCH3 is 1. The van der Waals surface area contributed by atoms with Crippen LogP contribution in [-0.4, -0.2) is 36.8 Å². The van der Waals surface area contributed by atoms with Gasteiger partial charge in [0.15, 0.2) is 5.75 Å². The SMILES string of the molecule is COc1cc2ncnc(-c3cn(C)nc3-c3ccccc3)c2nc1OC(C)c1ncsc1C. The Labute approximate surface area is 194 Å². The molecule has 8 nitrogen and oxygen atoms in total. The summed E-state index contributed by atoms with van der Waals surface area (Å²) in [6.07, 6.45) is 3.18. The lowest BCUT2D eigenvalue weighted by Crippen LogP contribution is -2.08. The van der Waals surface area contributed by atoms with E-state index >= 15 is 0 Å². The van der Waals surface area contributed by atoms with Gasteiger partial charge in [0.25, 0.3) is 5.88 Å². The number of benzene rings is 1. The molecule has 5 rings (SSSR count). The van der Waals surface area contributed by atoms with E-state index in [0.29, 0.717) is 28.4 Å². The smallest absolute Gasteiger partial charge is 0.258 e. The number of rotatable bonds is 6. The minimum absolute atomic E-state index is 0.290. The molecule has 166 valence electrons. The maximum Gasteiger partial charge on any atom is 0.258 e. The van der Waals surface area contributed by atoms with Crippen molar-refractivity contribution < 1.29 is 9.47 Å². The summed E-state index contributed by atoms with van der Waals surface area (Å²) in [5.41, 5.74) is 7.33. The summed E-state index contributed by atoms with van der Waals surface area (Å²) < 4.78 is 13.6. The molecule has 0 N–H and O–H groups in total. The number of nitrogens with zero attached hydrogens (tertiary/aromatic N) is 6. The first-order chi connectivity index (χ1) is 16.0. The van der Waals surface area contributed by atoms with Gasteiger partial charge >= 0.3 is 0 Å². The van der Waals surface area contributed by atoms with Crippen LogP contribution in [0.4, 0.5) is 0 Å². The van der Waals surface area contributed by atoms with E-state index in [-0.39, 0.29) is 6.10 Å². The highest BCUT2D eigenvalue weighted by Crippen LogP contribution is 2.37. The fraction of sp³-hybridized carbons (Fsp3) is 0.208. The van der Waals surface area contributed by atoms with Crippen molar-refractivity contribution in [2.45, 2.75) is 20.0 Å². The van der Waals surface area contributed by atoms with E-state index in [2.05, 4.69) is 20.1 Å². The topological polar surface area (TPSA) is 87.8 Å². The lowest BCUT2D eigenvalue weighted by atomic mass is 10.0. The predicted octanol–water partition coefficient (Wildman–Crippen LogP) is 5.01. The zero-order valence-corrected chi connectivity index (χ0v) is 19.5. The van der Waals surface area contributed by atoms with E-state index in [1.54, 1.807) is 23.1 Å². The van der Waals surface area contributed by atoms with Crippen molar-refractivity contribution in [3.05, 3.63) is 65.0 Å². The first kappa shape index (κ1) is 21.0. The Balaban J connectivity index is 1.65. The molecule has 1 atom stereocenters. The Morgan fingerprint density at radius 2 is 1.88 bits per heavy atom. The zero-order valence-electron chi connectivity index (χ0n) is 18.7. The molecule has 33 heavy (non-hydrogen) atoms. The monoisotopic (exact) mass is 458 g/mol. The van der Waals surface area contributed by atoms with Crippen molar-refractivity contribution in [3.8, 4) is 34.1 Å². The van der Waals surface area contributed by atoms with E-state index in [1.807, 2.05) is 69.0 Å². The van der Waals surface area contributed by atoms with Crippen LogP contribution < -0.4 is 9.47 Å². The molecular formula is C24H22N6O2S. The number of aromatic nitrogens is 6. The third-order valence-corrected chi connectivity index (χ3v) is 6.12. The van der Waals surface area contributed by atoms with Crippen LogP contribution in [0, 0.1) is 6.92 Å². The van der Waals surface area contributed by atoms with Gasteiger partial charge in [-0.05, 0) is 13.8 Å². The van der Waals surface area contributed by atoms with Crippen LogP contribution in [0.1, 0.15) is 23.6 Å². The fourth-order valence-corrected chi connectivity index (χ4v) is 4.44. The molecular weight excluding hydrogens is 436 g/mol. The number of pyridine rings is 1. The Kier molecular flexibility index (Phi) is 5.47. The summed E-state index contributed by atoms with van der Waals surface area (Å²) in [5.74, 6) is 0.868. The molecule has 0 aliphatic rings. The molecule has 1 unspecified atom stereocenters. The third kappa shape index (κ3) is 3.91. The highest BCUT2D eigenvalue weighted by Gasteiger charge is 2.21. The maximum atomic E-state index is 6.21. The molecule has 5 aromatic rings. The van der Waals surface area contributed by atoms with Gasteiger partial charge in [0.1, 0.15) is 29.3 Å². The van der Waals surface area contributed by atoms with Crippen LogP contribution in [0.3, 0.4) is 0 Å². The summed E-state index contributed by atoms with van der Waals surface area (Å²) in [6.45, 7) is 3.97. The minimum Gasteiger partial charge on any atom is -0.491 e. The van der Waals surface area contributed by atoms with Gasteiger partial charge in [0.05, 0.1) is 23.8 Å². The highest BCUT2D eigenvalue weighted by atomic mass is 32.1. The van der Waals surface area contributed by atoms with Crippen LogP contribution >= 0.6 is 11.3 Å². The summed E-state index contributed by atoms with van der Waals surface area (Å²) in [6, 6.07) is 11.8. The van der Waals surface area contributed by atoms with Crippen molar-refractivity contribution in [3.63, 3.8) is 0 Å². The van der Waals surface area contributed by atoms with Gasteiger partial charge in [-0.1, -0.05) is 30.3 Å². The molecule has 0 fully saturated rings. The second-order valence-corrected chi connectivity index (χ2v) is 8.63. The lowest BCUT2D eigenvalue weighted by Gasteiger charge is -2.16. The fourth-order valence-electron chi connectivity index (χ4n) is 3.78. The predicted molar refractivity (Wildman–Crippen MR) is 127 cm³/mol. The number of hydrogen-bond acceptors (Lipinski definition) is 8. The second kappa shape index (κ2) is 8.59. The molecule has 0 aliphatic carbocycles. The van der Waals surface area contributed by atoms with Gasteiger partial charge in [0.2, 0.25) is 0 Å². The largest absolute Gasteiger partial charge is 0.491 e. The van der Waals surface area contributed by atoms with Gasteiger partial charge in [-0.25, -0.2) is 19.9 Å². The summed E-state index contributed by atoms with van der Waals surface area (Å²) in [7, 11) is 3.48. The van der Waals surface area contributed by atoms with Crippen molar-refractivity contribution in [1.29, 1.82) is 0 Å². The average Bonchev–Trinajstić information content (AvgIpc) is 3.44. The third-order valence-electron chi connectivity index (χ3n) is 5.35. The Morgan fingerprint density at radius 1 is 1.06 bits per heavy atom. The summed E-state index contributed by atoms with van der Waals surface area (Å²) in [4.78, 5) is 19.4. The average molecular weight is 459 g/mol. The summed E-state index contributed by atoms with van der Waals surface area (Å²) in [5, 5.41) is 4.68. The van der Waals surface area contributed by atoms with Gasteiger partial charge in [0, 0.05) is 35.3 Å². The lowest BCUT2D eigenvalue weighted by molar-refractivity contribution is 0.203. The van der Waals surface area contributed by atoms with Gasteiger partial charge in [-0.3, -0.25) is 4.68 Å². The molecule has 0 bridgehead atoms. The number of ether oxygens (including phenoxy) is 2. The molecule has 0 saturated heterocycles. The number of thiazole rings is 1. The van der Waals surface area contributed by atoms with Crippen LogP contribution in [0.25, 0.3) is 33.5 Å². The van der Waals surface area contributed by atoms with Crippen molar-refractivity contribution in [2.75, 3.05) is 7.11 Å². The maximum absolute atomic E-state index is 6.21. The normalized spacial score (nSPS) is 12.1. The van der Waals surface area contributed by atoms with Gasteiger partial charge in [-0.15, -0.1) is 11.3 Å². The molecule has 9 heteroatoms. The highest BCUT2D eigenvalue weighted by molar-refractivity contribution is 7.09. The Morgan fingerprint density at radius 3 is 2.61 bits per heavy atom. The van der Waals surface area contributed by atoms with E-state index in [1.165, 1.54) is 6.33 Å². The quantitative estimate of drug-likeness (QED) is 0.354.